The Hall–Kier alpha value is -0.873. The monoisotopic (exact) mass is 256 g/mol. The fraction of sp³-hybridized carbons (Fsp3) is 0.615. The van der Waals surface area contributed by atoms with Crippen molar-refractivity contribution in [1.29, 1.82) is 0 Å². The van der Waals surface area contributed by atoms with E-state index < -0.39 is 8.32 Å². The lowest BCUT2D eigenvalue weighted by atomic mass is 10.2. The molecule has 0 rings (SSSR count). The lowest BCUT2D eigenvalue weighted by molar-refractivity contribution is -0.134. The van der Waals surface area contributed by atoms with Gasteiger partial charge in [-0.2, -0.15) is 0 Å². The number of esters is 1. The Morgan fingerprint density at radius 1 is 1.24 bits per heavy atom. The van der Waals surface area contributed by atoms with E-state index in [1.165, 1.54) is 13.2 Å². The van der Waals surface area contributed by atoms with E-state index in [9.17, 15) is 4.79 Å². The molecule has 0 heterocycles. The van der Waals surface area contributed by atoms with Crippen LogP contribution in [0.4, 0.5) is 0 Å². The van der Waals surface area contributed by atoms with Gasteiger partial charge in [0.15, 0.2) is 8.32 Å². The van der Waals surface area contributed by atoms with Gasteiger partial charge in [0.05, 0.1) is 13.7 Å². The second kappa shape index (κ2) is 6.76. The first-order chi connectivity index (χ1) is 7.70. The van der Waals surface area contributed by atoms with Gasteiger partial charge in [0.1, 0.15) is 0 Å². The molecule has 0 aliphatic heterocycles. The summed E-state index contributed by atoms with van der Waals surface area (Å²) in [6.45, 7) is 11.6. The van der Waals surface area contributed by atoms with Crippen LogP contribution in [-0.4, -0.2) is 28.0 Å². The molecule has 0 N–H and O–H groups in total. The third kappa shape index (κ3) is 6.43. The van der Waals surface area contributed by atoms with Crippen molar-refractivity contribution in [1.82, 2.24) is 0 Å². The van der Waals surface area contributed by atoms with Crippen LogP contribution in [0.25, 0.3) is 0 Å². The Balaban J connectivity index is 4.04. The van der Waals surface area contributed by atoms with Gasteiger partial charge in [-0.05, 0) is 18.1 Å². The smallest absolute Gasteiger partial charge is 0.330 e. The maximum Gasteiger partial charge on any atom is 0.330 e. The molecule has 4 heteroatoms. The normalized spacial score (nSPS) is 13.5. The number of rotatable bonds is 5. The highest BCUT2D eigenvalue weighted by Crippen LogP contribution is 2.36. The molecule has 0 aromatic heterocycles. The Morgan fingerprint density at radius 3 is 2.29 bits per heavy atom. The van der Waals surface area contributed by atoms with Crippen LogP contribution >= 0.6 is 0 Å². The molecule has 0 fully saturated rings. The summed E-state index contributed by atoms with van der Waals surface area (Å²) in [7, 11) is -0.303. The average Bonchev–Trinajstić information content (AvgIpc) is 2.21. The van der Waals surface area contributed by atoms with Crippen LogP contribution in [0.5, 0.6) is 0 Å². The molecule has 0 spiro atoms. The molecule has 0 aliphatic carbocycles. The molecule has 0 amide bonds. The standard InChI is InChI=1S/C13H24O3Si/c1-13(2,3)17(5,6)16-11-9-7-8-10-12(14)15-4/h7-10H,11H2,1-6H3/b9-7-,10-8+. The first kappa shape index (κ1) is 16.1. The minimum Gasteiger partial charge on any atom is -0.466 e. The van der Waals surface area contributed by atoms with Gasteiger partial charge in [0.25, 0.3) is 0 Å². The fourth-order valence-corrected chi connectivity index (χ4v) is 1.76. The number of carbonyl (C=O) groups is 1. The van der Waals surface area contributed by atoms with Crippen LogP contribution in [0.1, 0.15) is 20.8 Å². The highest BCUT2D eigenvalue weighted by molar-refractivity contribution is 6.74. The predicted octanol–water partition coefficient (Wildman–Crippen LogP) is 3.29. The van der Waals surface area contributed by atoms with E-state index >= 15 is 0 Å². The number of ether oxygens (including phenoxy) is 1. The molecule has 0 saturated carbocycles. The summed E-state index contributed by atoms with van der Waals surface area (Å²) in [6.07, 6.45) is 6.73. The highest BCUT2D eigenvalue weighted by Gasteiger charge is 2.36. The SMILES string of the molecule is COC(=O)/C=C/C=C\CO[Si](C)(C)C(C)(C)C. The van der Waals surface area contributed by atoms with E-state index in [0.29, 0.717) is 6.61 Å². The summed E-state index contributed by atoms with van der Waals surface area (Å²) in [5, 5.41) is 0.225. The lowest BCUT2D eigenvalue weighted by Gasteiger charge is -2.35. The van der Waals surface area contributed by atoms with Crippen molar-refractivity contribution in [3.05, 3.63) is 24.3 Å². The summed E-state index contributed by atoms with van der Waals surface area (Å²) >= 11 is 0. The van der Waals surface area contributed by atoms with Crippen molar-refractivity contribution in [3.8, 4) is 0 Å². The topological polar surface area (TPSA) is 35.5 Å². The molecule has 0 aliphatic rings. The molecule has 0 atom stereocenters. The van der Waals surface area contributed by atoms with Crippen LogP contribution < -0.4 is 0 Å². The number of allylic oxidation sites excluding steroid dienone is 2. The van der Waals surface area contributed by atoms with Crippen molar-refractivity contribution in [3.63, 3.8) is 0 Å². The van der Waals surface area contributed by atoms with Crippen molar-refractivity contribution in [2.45, 2.75) is 38.9 Å². The molecule has 0 radical (unpaired) electrons. The molecule has 0 aromatic carbocycles. The van der Waals surface area contributed by atoms with E-state index in [-0.39, 0.29) is 11.0 Å². The Kier molecular flexibility index (Phi) is 6.42. The highest BCUT2D eigenvalue weighted by atomic mass is 28.4. The number of hydrogen-bond acceptors (Lipinski definition) is 3. The second-order valence-corrected chi connectivity index (χ2v) is 10.2. The van der Waals surface area contributed by atoms with Crippen LogP contribution in [0, 0.1) is 0 Å². The molecule has 17 heavy (non-hydrogen) atoms. The molecular weight excluding hydrogens is 232 g/mol. The van der Waals surface area contributed by atoms with E-state index in [4.69, 9.17) is 4.43 Å². The summed E-state index contributed by atoms with van der Waals surface area (Å²) in [4.78, 5) is 10.8. The predicted molar refractivity (Wildman–Crippen MR) is 73.4 cm³/mol. The number of hydrogen-bond donors (Lipinski definition) is 0. The van der Waals surface area contributed by atoms with E-state index in [1.54, 1.807) is 12.2 Å². The summed E-state index contributed by atoms with van der Waals surface area (Å²) < 4.78 is 10.4. The van der Waals surface area contributed by atoms with Gasteiger partial charge in [-0.25, -0.2) is 4.79 Å². The largest absolute Gasteiger partial charge is 0.466 e. The lowest BCUT2D eigenvalue weighted by Crippen LogP contribution is -2.40. The maximum absolute atomic E-state index is 10.8. The summed E-state index contributed by atoms with van der Waals surface area (Å²) in [6, 6.07) is 0. The summed E-state index contributed by atoms with van der Waals surface area (Å²) in [5.74, 6) is -0.347. The maximum atomic E-state index is 10.8. The third-order valence-electron chi connectivity index (χ3n) is 3.03. The van der Waals surface area contributed by atoms with Gasteiger partial charge in [0.2, 0.25) is 0 Å². The molecule has 3 nitrogen and oxygen atoms in total. The van der Waals surface area contributed by atoms with Gasteiger partial charge >= 0.3 is 5.97 Å². The molecule has 0 aromatic rings. The Morgan fingerprint density at radius 2 is 1.82 bits per heavy atom. The molecule has 98 valence electrons. The van der Waals surface area contributed by atoms with Gasteiger partial charge in [-0.15, -0.1) is 0 Å². The van der Waals surface area contributed by atoms with Crippen LogP contribution in [-0.2, 0) is 14.0 Å². The minimum absolute atomic E-state index is 0.225. The average molecular weight is 256 g/mol. The summed E-state index contributed by atoms with van der Waals surface area (Å²) in [5.41, 5.74) is 0. The second-order valence-electron chi connectivity index (χ2n) is 5.38. The zero-order valence-corrected chi connectivity index (χ0v) is 12.7. The van der Waals surface area contributed by atoms with Gasteiger partial charge in [-0.3, -0.25) is 0 Å². The molecular formula is C13H24O3Si. The number of methoxy groups -OCH3 is 1. The Bertz CT molecular complexity index is 298. The minimum atomic E-state index is -1.66. The van der Waals surface area contributed by atoms with Crippen LogP contribution in [0.2, 0.25) is 18.1 Å². The van der Waals surface area contributed by atoms with Crippen LogP contribution in [0.3, 0.4) is 0 Å². The quantitative estimate of drug-likeness (QED) is 0.328. The first-order valence-electron chi connectivity index (χ1n) is 5.76. The van der Waals surface area contributed by atoms with E-state index in [0.717, 1.165) is 0 Å². The van der Waals surface area contributed by atoms with E-state index in [2.05, 4.69) is 38.6 Å². The van der Waals surface area contributed by atoms with Crippen molar-refractivity contribution >= 4 is 14.3 Å². The van der Waals surface area contributed by atoms with Gasteiger partial charge in [0, 0.05) is 6.08 Å². The van der Waals surface area contributed by atoms with Crippen molar-refractivity contribution in [2.24, 2.45) is 0 Å². The molecule has 0 unspecified atom stereocenters. The van der Waals surface area contributed by atoms with Crippen LogP contribution in [0.15, 0.2) is 24.3 Å². The van der Waals surface area contributed by atoms with E-state index in [1.807, 2.05) is 6.08 Å². The fourth-order valence-electron chi connectivity index (χ4n) is 0.809. The molecule has 0 saturated heterocycles. The number of carbonyl (C=O) groups excluding carboxylic acids is 1. The van der Waals surface area contributed by atoms with Crippen molar-refractivity contribution < 1.29 is 14.0 Å². The zero-order valence-electron chi connectivity index (χ0n) is 11.7. The third-order valence-corrected chi connectivity index (χ3v) is 7.53. The van der Waals surface area contributed by atoms with Gasteiger partial charge in [-0.1, -0.05) is 39.0 Å². The van der Waals surface area contributed by atoms with Gasteiger partial charge < -0.3 is 9.16 Å². The first-order valence-corrected chi connectivity index (χ1v) is 8.66. The Labute approximate surface area is 106 Å². The zero-order chi connectivity index (χ0) is 13.5. The molecule has 0 bridgehead atoms. The van der Waals surface area contributed by atoms with Crippen molar-refractivity contribution in [2.75, 3.05) is 13.7 Å².